The first kappa shape index (κ1) is 28.5. The van der Waals surface area contributed by atoms with Crippen LogP contribution in [-0.2, 0) is 23.8 Å². The topological polar surface area (TPSA) is 94.2 Å². The number of piperidine rings is 2. The molecule has 2 aliphatic heterocycles. The van der Waals surface area contributed by atoms with Gasteiger partial charge in [-0.1, -0.05) is 0 Å². The number of nitrogens with one attached hydrogen (secondary N) is 1. The van der Waals surface area contributed by atoms with Gasteiger partial charge in [0.15, 0.2) is 0 Å². The SMILES string of the molecule is COC(=O)C1(C)CCN(C(=O)OC(C)(C)C)CC1.COC(=O)C1(C)CCNCC1.Cl. The van der Waals surface area contributed by atoms with Gasteiger partial charge in [0.05, 0.1) is 25.0 Å². The number of ether oxygens (including phenoxy) is 3. The fourth-order valence-electron chi connectivity index (χ4n) is 3.39. The van der Waals surface area contributed by atoms with Gasteiger partial charge in [-0.15, -0.1) is 12.4 Å². The van der Waals surface area contributed by atoms with E-state index >= 15 is 0 Å². The van der Waals surface area contributed by atoms with Crippen molar-refractivity contribution in [2.75, 3.05) is 40.4 Å². The Bertz CT molecular complexity index is 577. The molecule has 2 rings (SSSR count). The predicted octanol–water partition coefficient (Wildman–Crippen LogP) is 3.17. The molecule has 1 N–H and O–H groups in total. The highest BCUT2D eigenvalue weighted by Gasteiger charge is 2.40. The first-order chi connectivity index (χ1) is 13.4. The van der Waals surface area contributed by atoms with Crippen molar-refractivity contribution < 1.29 is 28.6 Å². The molecule has 2 heterocycles. The third kappa shape index (κ3) is 8.30. The molecule has 0 aromatic heterocycles. The van der Waals surface area contributed by atoms with Crippen LogP contribution in [0.4, 0.5) is 4.79 Å². The van der Waals surface area contributed by atoms with Crippen molar-refractivity contribution in [3.8, 4) is 0 Å². The summed E-state index contributed by atoms with van der Waals surface area (Å²) in [5.74, 6) is -0.273. The Hall–Kier alpha value is -1.54. The zero-order valence-corrected chi connectivity index (χ0v) is 20.3. The summed E-state index contributed by atoms with van der Waals surface area (Å²) in [6.07, 6.45) is 2.69. The third-order valence-corrected chi connectivity index (χ3v) is 5.58. The van der Waals surface area contributed by atoms with Crippen LogP contribution in [0.5, 0.6) is 0 Å². The Morgan fingerprint density at radius 2 is 1.23 bits per heavy atom. The van der Waals surface area contributed by atoms with E-state index in [1.54, 1.807) is 4.90 Å². The molecule has 2 fully saturated rings. The smallest absolute Gasteiger partial charge is 0.410 e. The minimum atomic E-state index is -0.486. The van der Waals surface area contributed by atoms with Gasteiger partial charge in [-0.05, 0) is 73.4 Å². The fourth-order valence-corrected chi connectivity index (χ4v) is 3.39. The molecule has 0 aromatic carbocycles. The maximum atomic E-state index is 11.9. The second-order valence-corrected chi connectivity index (χ2v) is 9.32. The summed E-state index contributed by atoms with van der Waals surface area (Å²) in [5.41, 5.74) is -1.20. The molecule has 176 valence electrons. The standard InChI is InChI=1S/C13H23NO4.C8H15NO2.ClH/c1-12(2,3)18-11(16)14-8-6-13(4,7-9-14)10(15)17-5;1-8(7(10)11-2)3-5-9-6-4-8;/h6-9H2,1-5H3;9H,3-6H2,1-2H3;1H. The molecule has 0 unspecified atom stereocenters. The summed E-state index contributed by atoms with van der Waals surface area (Å²) in [6, 6.07) is 0. The number of methoxy groups -OCH3 is 2. The molecule has 0 bridgehead atoms. The van der Waals surface area contributed by atoms with Crippen LogP contribution in [0.25, 0.3) is 0 Å². The molecule has 0 saturated carbocycles. The van der Waals surface area contributed by atoms with Crippen molar-refractivity contribution in [1.29, 1.82) is 0 Å². The number of amides is 1. The van der Waals surface area contributed by atoms with E-state index < -0.39 is 11.0 Å². The number of nitrogens with zero attached hydrogens (tertiary/aromatic N) is 1. The van der Waals surface area contributed by atoms with Gasteiger partial charge in [-0.3, -0.25) is 9.59 Å². The first-order valence-corrected chi connectivity index (χ1v) is 10.2. The molecule has 8 nitrogen and oxygen atoms in total. The van der Waals surface area contributed by atoms with Crippen molar-refractivity contribution in [3.63, 3.8) is 0 Å². The Kier molecular flexibility index (Phi) is 11.1. The van der Waals surface area contributed by atoms with Crippen molar-refractivity contribution in [3.05, 3.63) is 0 Å². The van der Waals surface area contributed by atoms with E-state index in [1.165, 1.54) is 14.2 Å². The van der Waals surface area contributed by atoms with Crippen LogP contribution in [0.1, 0.15) is 60.3 Å². The van der Waals surface area contributed by atoms with E-state index in [1.807, 2.05) is 34.6 Å². The van der Waals surface area contributed by atoms with Gasteiger partial charge in [-0.2, -0.15) is 0 Å². The highest BCUT2D eigenvalue weighted by atomic mass is 35.5. The van der Waals surface area contributed by atoms with E-state index in [0.717, 1.165) is 25.9 Å². The van der Waals surface area contributed by atoms with E-state index in [4.69, 9.17) is 14.2 Å². The third-order valence-electron chi connectivity index (χ3n) is 5.58. The average Bonchev–Trinajstić information content (AvgIpc) is 2.66. The Labute approximate surface area is 186 Å². The van der Waals surface area contributed by atoms with E-state index in [2.05, 4.69) is 5.32 Å². The molecule has 9 heteroatoms. The zero-order chi connectivity index (χ0) is 22.3. The predicted molar refractivity (Wildman–Crippen MR) is 117 cm³/mol. The van der Waals surface area contributed by atoms with Gasteiger partial charge < -0.3 is 24.4 Å². The normalized spacial score (nSPS) is 19.9. The number of hydrogen-bond acceptors (Lipinski definition) is 7. The summed E-state index contributed by atoms with van der Waals surface area (Å²) in [5, 5.41) is 3.21. The fraction of sp³-hybridized carbons (Fsp3) is 0.857. The van der Waals surface area contributed by atoms with Gasteiger partial charge in [0.2, 0.25) is 0 Å². The van der Waals surface area contributed by atoms with Gasteiger partial charge in [0.25, 0.3) is 0 Å². The second-order valence-electron chi connectivity index (χ2n) is 9.32. The lowest BCUT2D eigenvalue weighted by atomic mass is 9.80. The quantitative estimate of drug-likeness (QED) is 0.510. The van der Waals surface area contributed by atoms with Crippen molar-refractivity contribution in [2.45, 2.75) is 65.9 Å². The molecule has 2 saturated heterocycles. The lowest BCUT2D eigenvalue weighted by Gasteiger charge is -2.37. The summed E-state index contributed by atoms with van der Waals surface area (Å²) in [6.45, 7) is 12.3. The minimum absolute atomic E-state index is 0. The highest BCUT2D eigenvalue weighted by molar-refractivity contribution is 5.85. The molecule has 30 heavy (non-hydrogen) atoms. The Morgan fingerprint density at radius 1 is 0.833 bits per heavy atom. The molecule has 1 amide bonds. The number of hydrogen-bond donors (Lipinski definition) is 1. The molecule has 2 aliphatic rings. The average molecular weight is 451 g/mol. The summed E-state index contributed by atoms with van der Waals surface area (Å²) < 4.78 is 14.8. The van der Waals surface area contributed by atoms with Crippen LogP contribution in [0, 0.1) is 10.8 Å². The summed E-state index contributed by atoms with van der Waals surface area (Å²) >= 11 is 0. The van der Waals surface area contributed by atoms with Crippen LogP contribution in [0.2, 0.25) is 0 Å². The van der Waals surface area contributed by atoms with Gasteiger partial charge in [0.1, 0.15) is 5.60 Å². The molecule has 0 atom stereocenters. The van der Waals surface area contributed by atoms with Gasteiger partial charge >= 0.3 is 18.0 Å². The lowest BCUT2D eigenvalue weighted by molar-refractivity contribution is -0.154. The second kappa shape index (κ2) is 11.7. The number of rotatable bonds is 2. The van der Waals surface area contributed by atoms with E-state index in [0.29, 0.717) is 25.9 Å². The number of carbonyl (C=O) groups is 3. The van der Waals surface area contributed by atoms with Gasteiger partial charge in [-0.25, -0.2) is 4.79 Å². The van der Waals surface area contributed by atoms with Crippen LogP contribution in [0.3, 0.4) is 0 Å². The van der Waals surface area contributed by atoms with E-state index in [9.17, 15) is 14.4 Å². The number of carbonyl (C=O) groups excluding carboxylic acids is 3. The lowest BCUT2D eigenvalue weighted by Crippen LogP contribution is -2.47. The molecule has 0 spiro atoms. The van der Waals surface area contributed by atoms with Crippen LogP contribution in [0.15, 0.2) is 0 Å². The van der Waals surface area contributed by atoms with Crippen LogP contribution in [-0.4, -0.2) is 68.9 Å². The largest absolute Gasteiger partial charge is 0.469 e. The van der Waals surface area contributed by atoms with Crippen molar-refractivity contribution in [1.82, 2.24) is 10.2 Å². The van der Waals surface area contributed by atoms with Crippen LogP contribution >= 0.6 is 12.4 Å². The first-order valence-electron chi connectivity index (χ1n) is 10.2. The van der Waals surface area contributed by atoms with Crippen molar-refractivity contribution >= 4 is 30.4 Å². The molecule has 0 radical (unpaired) electrons. The highest BCUT2D eigenvalue weighted by Crippen LogP contribution is 2.32. The molecule has 0 aliphatic carbocycles. The minimum Gasteiger partial charge on any atom is -0.469 e. The van der Waals surface area contributed by atoms with E-state index in [-0.39, 0.29) is 35.9 Å². The Balaban J connectivity index is 0.000000603. The van der Waals surface area contributed by atoms with Crippen LogP contribution < -0.4 is 5.32 Å². The van der Waals surface area contributed by atoms with Crippen molar-refractivity contribution in [2.24, 2.45) is 10.8 Å². The molecule has 0 aromatic rings. The molecular weight excluding hydrogens is 412 g/mol. The number of esters is 2. The monoisotopic (exact) mass is 450 g/mol. The number of halogens is 1. The molecular formula is C21H39ClN2O6. The zero-order valence-electron chi connectivity index (χ0n) is 19.5. The summed E-state index contributed by atoms with van der Waals surface area (Å²) in [4.78, 5) is 36.4. The maximum absolute atomic E-state index is 11.9. The van der Waals surface area contributed by atoms with Gasteiger partial charge in [0, 0.05) is 13.1 Å². The Morgan fingerprint density at radius 3 is 1.60 bits per heavy atom. The summed E-state index contributed by atoms with van der Waals surface area (Å²) in [7, 11) is 2.85. The number of likely N-dealkylation sites (tertiary alicyclic amines) is 1. The maximum Gasteiger partial charge on any atom is 0.410 e.